The topological polar surface area (TPSA) is 46.5 Å². The summed E-state index contributed by atoms with van der Waals surface area (Å²) in [5.74, 6) is 0.185. The molecule has 0 saturated carbocycles. The van der Waals surface area contributed by atoms with E-state index in [2.05, 4.69) is 0 Å². The molecule has 0 aromatic heterocycles. The molecule has 0 amide bonds. The number of halogens is 3. The number of aryl methyl sites for hydroxylation is 2. The molecule has 3 aromatic carbocycles. The van der Waals surface area contributed by atoms with Crippen LogP contribution in [0.4, 0.5) is 0 Å². The zero-order chi connectivity index (χ0) is 17.1. The largest absolute Gasteiger partial charge is 3.00 e. The van der Waals surface area contributed by atoms with Gasteiger partial charge in [0, 0.05) is 11.1 Å². The maximum Gasteiger partial charge on any atom is 3.00 e. The second-order valence-electron chi connectivity index (χ2n) is 5.67. The average Bonchev–Trinajstić information content (AvgIpc) is 2.57. The normalized spacial score (nSPS) is 8.93. The molecule has 145 valence electrons. The number of esters is 1. The summed E-state index contributed by atoms with van der Waals surface area (Å²) in [7, 11) is 0. The predicted octanol–water partition coefficient (Wildman–Crippen LogP) is -4.10. The van der Waals surface area contributed by atoms with Crippen molar-refractivity contribution in [3.05, 3.63) is 83.4 Å². The van der Waals surface area contributed by atoms with E-state index >= 15 is 0 Å². The molecule has 0 spiro atoms. The molecule has 0 fully saturated rings. The van der Waals surface area contributed by atoms with Gasteiger partial charge in [-0.05, 0) is 49.2 Å². The fourth-order valence-electron chi connectivity index (χ4n) is 2.76. The van der Waals surface area contributed by atoms with E-state index in [-0.39, 0.29) is 64.7 Å². The van der Waals surface area contributed by atoms with Gasteiger partial charge in [0.2, 0.25) is 0 Å². The number of phenols is 1. The summed E-state index contributed by atoms with van der Waals surface area (Å²) in [5, 5.41) is 10.3. The summed E-state index contributed by atoms with van der Waals surface area (Å²) >= 11 is 0. The van der Waals surface area contributed by atoms with E-state index < -0.39 is 5.97 Å². The van der Waals surface area contributed by atoms with E-state index in [1.807, 2.05) is 38.1 Å². The summed E-state index contributed by atoms with van der Waals surface area (Å²) in [5.41, 5.74) is 3.75. The first-order valence-corrected chi connectivity index (χ1v) is 7.73. The van der Waals surface area contributed by atoms with Crippen LogP contribution in [0.5, 0.6) is 11.5 Å². The Hall–Kier alpha value is -1.49. The summed E-state index contributed by atoms with van der Waals surface area (Å²) in [6, 6.07) is 19.7. The molecule has 28 heavy (non-hydrogen) atoms. The van der Waals surface area contributed by atoms with Gasteiger partial charge in [0.15, 0.2) is 0 Å². The Morgan fingerprint density at radius 2 is 1.29 bits per heavy atom. The second kappa shape index (κ2) is 12.9. The van der Waals surface area contributed by atoms with Gasteiger partial charge in [-0.15, -0.1) is 0 Å². The molecule has 0 aliphatic heterocycles. The summed E-state index contributed by atoms with van der Waals surface area (Å²) in [4.78, 5) is 12.4. The molecule has 1 radical (unpaired) electrons. The SMILES string of the molecule is Cc1cccc(O)c1-c1c(C)cccc1OC(=O)c1ccccc1.[Cl-].[Cl-].[Cl-].[Ti+3]. The molecule has 0 heterocycles. The van der Waals surface area contributed by atoms with Crippen LogP contribution < -0.4 is 42.0 Å². The molecule has 7 heteroatoms. The molecule has 0 aliphatic rings. The van der Waals surface area contributed by atoms with Gasteiger partial charge in [-0.2, -0.15) is 0 Å². The number of carbonyl (C=O) groups excluding carboxylic acids is 1. The molecule has 3 aromatic rings. The van der Waals surface area contributed by atoms with E-state index in [0.717, 1.165) is 16.7 Å². The van der Waals surface area contributed by atoms with E-state index in [1.54, 1.807) is 42.5 Å². The van der Waals surface area contributed by atoms with Crippen LogP contribution in [0.25, 0.3) is 11.1 Å². The summed E-state index contributed by atoms with van der Waals surface area (Å²) in [6.07, 6.45) is 0. The van der Waals surface area contributed by atoms with E-state index in [1.165, 1.54) is 0 Å². The molecular formula is C21H18Cl3O3Ti. The minimum absolute atomic E-state index is 0. The molecule has 0 aliphatic carbocycles. The fraction of sp³-hybridized carbons (Fsp3) is 0.0952. The van der Waals surface area contributed by atoms with Crippen molar-refractivity contribution in [1.29, 1.82) is 0 Å². The molecule has 3 nitrogen and oxygen atoms in total. The first kappa shape index (κ1) is 28.7. The number of hydrogen-bond acceptors (Lipinski definition) is 3. The number of ether oxygens (including phenoxy) is 1. The third-order valence-corrected chi connectivity index (χ3v) is 3.95. The standard InChI is InChI=1S/C21H18O3.3ClH.Ti/c1-14-8-6-12-17(22)19(14)20-15(2)9-7-13-18(20)24-21(23)16-10-4-3-5-11-16;;;;/h3-13,22H,1-2H3;3*1H;/q;;;;+3/p-3. The van der Waals surface area contributed by atoms with Crippen molar-refractivity contribution in [3.63, 3.8) is 0 Å². The van der Waals surface area contributed by atoms with Crippen LogP contribution in [0.3, 0.4) is 0 Å². The zero-order valence-corrected chi connectivity index (χ0v) is 19.1. The van der Waals surface area contributed by atoms with E-state index in [0.29, 0.717) is 16.9 Å². The molecule has 3 rings (SSSR count). The van der Waals surface area contributed by atoms with Crippen LogP contribution in [-0.2, 0) is 21.7 Å². The van der Waals surface area contributed by atoms with Crippen molar-refractivity contribution in [3.8, 4) is 22.6 Å². The number of carbonyl (C=O) groups is 1. The van der Waals surface area contributed by atoms with Crippen LogP contribution in [0, 0.1) is 13.8 Å². The first-order chi connectivity index (χ1) is 11.6. The Kier molecular flexibility index (Phi) is 13.2. The van der Waals surface area contributed by atoms with Gasteiger partial charge in [-0.1, -0.05) is 42.5 Å². The Morgan fingerprint density at radius 3 is 1.86 bits per heavy atom. The van der Waals surface area contributed by atoms with Gasteiger partial charge in [0.05, 0.1) is 5.56 Å². The van der Waals surface area contributed by atoms with Crippen molar-refractivity contribution in [2.45, 2.75) is 13.8 Å². The van der Waals surface area contributed by atoms with E-state index in [4.69, 9.17) is 4.74 Å². The fourth-order valence-corrected chi connectivity index (χ4v) is 2.76. The molecule has 0 unspecified atom stereocenters. The number of aromatic hydroxyl groups is 1. The van der Waals surface area contributed by atoms with Crippen LogP contribution in [-0.4, -0.2) is 11.1 Å². The van der Waals surface area contributed by atoms with Crippen LogP contribution in [0.1, 0.15) is 21.5 Å². The minimum atomic E-state index is -0.421. The van der Waals surface area contributed by atoms with Gasteiger partial charge in [-0.25, -0.2) is 4.79 Å². The number of rotatable bonds is 3. The van der Waals surface area contributed by atoms with Gasteiger partial charge in [0.1, 0.15) is 11.5 Å². The van der Waals surface area contributed by atoms with E-state index in [9.17, 15) is 9.90 Å². The van der Waals surface area contributed by atoms with Gasteiger partial charge >= 0.3 is 27.7 Å². The maximum absolute atomic E-state index is 12.4. The van der Waals surface area contributed by atoms with Crippen LogP contribution in [0.2, 0.25) is 0 Å². The quantitative estimate of drug-likeness (QED) is 0.240. The third kappa shape index (κ3) is 6.26. The zero-order valence-electron chi connectivity index (χ0n) is 15.2. The van der Waals surface area contributed by atoms with Crippen molar-refractivity contribution >= 4 is 5.97 Å². The van der Waals surface area contributed by atoms with Crippen molar-refractivity contribution < 1.29 is 73.6 Å². The molecule has 0 bridgehead atoms. The molecule has 0 saturated heterocycles. The van der Waals surface area contributed by atoms with Crippen LogP contribution in [0.15, 0.2) is 66.7 Å². The van der Waals surface area contributed by atoms with Gasteiger partial charge < -0.3 is 47.1 Å². The van der Waals surface area contributed by atoms with Crippen molar-refractivity contribution in [2.24, 2.45) is 0 Å². The second-order valence-corrected chi connectivity index (χ2v) is 5.67. The monoisotopic (exact) mass is 471 g/mol. The predicted molar refractivity (Wildman–Crippen MR) is 94.4 cm³/mol. The number of phenolic OH excluding ortho intramolecular Hbond substituents is 1. The smallest absolute Gasteiger partial charge is 1.00 e. The van der Waals surface area contributed by atoms with Crippen LogP contribution >= 0.6 is 0 Å². The third-order valence-electron chi connectivity index (χ3n) is 3.95. The Morgan fingerprint density at radius 1 is 0.750 bits per heavy atom. The van der Waals surface area contributed by atoms with Gasteiger partial charge in [0.25, 0.3) is 0 Å². The molecule has 0 atom stereocenters. The number of benzene rings is 3. The molecule has 1 N–H and O–H groups in total. The van der Waals surface area contributed by atoms with Gasteiger partial charge in [-0.3, -0.25) is 0 Å². The molecular weight excluding hydrogens is 454 g/mol. The summed E-state index contributed by atoms with van der Waals surface area (Å²) < 4.78 is 5.63. The summed E-state index contributed by atoms with van der Waals surface area (Å²) in [6.45, 7) is 3.85. The maximum atomic E-state index is 12.4. The van der Waals surface area contributed by atoms with Crippen molar-refractivity contribution in [1.82, 2.24) is 0 Å². The first-order valence-electron chi connectivity index (χ1n) is 7.73. The minimum Gasteiger partial charge on any atom is -1.00 e. The Labute approximate surface area is 198 Å². The van der Waals surface area contributed by atoms with Crippen molar-refractivity contribution in [2.75, 3.05) is 0 Å². The Balaban J connectivity index is 0. The Bertz CT molecular complexity index is 882. The average molecular weight is 473 g/mol. The number of hydrogen-bond donors (Lipinski definition) is 1.